The second-order valence-electron chi connectivity index (χ2n) is 27.8. The first kappa shape index (κ1) is 48.7. The molecule has 17 rings (SSSR count). The maximum Gasteiger partial charge on any atom is 0.494 e. The Morgan fingerprint density at radius 2 is 0.681 bits per heavy atom. The van der Waals surface area contributed by atoms with Crippen molar-refractivity contribution >= 4 is 38.2 Å². The highest BCUT2D eigenvalue weighted by atomic mass is 35.5. The van der Waals surface area contributed by atoms with E-state index in [4.69, 9.17) is 39.5 Å². The molecule has 378 valence electrons. The van der Waals surface area contributed by atoms with E-state index in [2.05, 4.69) is 113 Å². The summed E-state index contributed by atoms with van der Waals surface area (Å²) in [7, 11) is -1.24. The average molecular weight is 987 g/mol. The average Bonchev–Trinajstić information content (AvgIpc) is 3.98. The van der Waals surface area contributed by atoms with Gasteiger partial charge in [-0.1, -0.05) is 84.4 Å². The molecule has 4 aromatic carbocycles. The zero-order valence-electron chi connectivity index (χ0n) is 45.3. The molecule has 13 aliphatic rings. The third-order valence-electron chi connectivity index (χ3n) is 22.4. The van der Waals surface area contributed by atoms with Crippen LogP contribution in [0.25, 0.3) is 22.3 Å². The molecule has 8 bridgehead atoms. The quantitative estimate of drug-likeness (QED) is 0.187. The molecule has 0 N–H and O–H groups in total. The van der Waals surface area contributed by atoms with Crippen molar-refractivity contribution in [2.45, 2.75) is 192 Å². The topological polar surface area (TPSA) is 55.4 Å². The summed E-state index contributed by atoms with van der Waals surface area (Å²) in [5.74, 6) is 7.18. The second-order valence-corrected chi connectivity index (χ2v) is 28.2. The van der Waals surface area contributed by atoms with Crippen LogP contribution in [0.5, 0.6) is 0 Å². The Kier molecular flexibility index (Phi) is 10.9. The zero-order chi connectivity index (χ0) is 50.3. The summed E-state index contributed by atoms with van der Waals surface area (Å²) in [5.41, 5.74) is 11.9. The summed E-state index contributed by atoms with van der Waals surface area (Å²) >= 11 is 6.46. The van der Waals surface area contributed by atoms with E-state index < -0.39 is 14.0 Å². The lowest BCUT2D eigenvalue weighted by Gasteiger charge is -2.61. The van der Waals surface area contributed by atoms with Crippen molar-refractivity contribution in [3.8, 4) is 22.3 Å². The maximum absolute atomic E-state index is 6.46. The van der Waals surface area contributed by atoms with Crippen LogP contribution in [0, 0.1) is 47.3 Å². The molecular formula is C62H78B3ClO6. The number of rotatable bonds is 2. The number of fused-ring (bicyclic) bond motifs is 6. The Morgan fingerprint density at radius 3 is 1.07 bits per heavy atom. The monoisotopic (exact) mass is 987 g/mol. The number of hydrogen-bond acceptors (Lipinski definition) is 6. The first-order valence-electron chi connectivity index (χ1n) is 28.2. The molecule has 10 aliphatic carbocycles. The molecule has 2 spiro atoms. The van der Waals surface area contributed by atoms with Crippen LogP contribution in [-0.2, 0) is 38.8 Å². The predicted octanol–water partition coefficient (Wildman–Crippen LogP) is 14.0. The molecule has 11 fully saturated rings. The van der Waals surface area contributed by atoms with Gasteiger partial charge in [0.2, 0.25) is 0 Å². The van der Waals surface area contributed by atoms with E-state index in [1.54, 1.807) is 22.3 Å². The summed E-state index contributed by atoms with van der Waals surface area (Å²) < 4.78 is 36.8. The normalized spacial score (nSPS) is 36.8. The molecule has 4 aromatic rings. The van der Waals surface area contributed by atoms with E-state index >= 15 is 0 Å². The fraction of sp³-hybridized carbons (Fsp3) is 0.613. The van der Waals surface area contributed by atoms with Crippen molar-refractivity contribution < 1.29 is 27.9 Å². The van der Waals surface area contributed by atoms with Crippen molar-refractivity contribution in [2.75, 3.05) is 0 Å². The van der Waals surface area contributed by atoms with Crippen molar-refractivity contribution in [1.82, 2.24) is 0 Å². The lowest BCUT2D eigenvalue weighted by Crippen LogP contribution is -2.55. The molecule has 6 nitrogen and oxygen atoms in total. The van der Waals surface area contributed by atoms with Crippen molar-refractivity contribution in [2.24, 2.45) is 47.3 Å². The van der Waals surface area contributed by atoms with Crippen LogP contribution in [0.1, 0.15) is 170 Å². The Hall–Kier alpha value is -2.88. The maximum atomic E-state index is 6.46. The molecule has 8 saturated carbocycles. The van der Waals surface area contributed by atoms with Gasteiger partial charge in [-0.3, -0.25) is 0 Å². The third-order valence-corrected chi connectivity index (χ3v) is 22.6. The standard InChI is InChI=1S/C28H33BO2.C22H21Cl.C12H24B2O4/c1-26(2)27(3,4)31-29(30-26)21-9-10-23-22-7-5-6-8-24(22)28(25(23)16-21)19-12-17-11-18(14-19)15-20(28)13-17;23-17-5-6-19-18-3-1-2-4-20(18)22(21(19)12-17)15-8-13-7-14(10-15)11-16(22)9-13;1-9(2)10(3,4)16-13(15-9)14-17-11(5,6)12(7,8)18-14/h5-10,16-20H,11-15H2,1-4H3;1-6,12-16H,7-11H2;1-8H3. The fourth-order valence-corrected chi connectivity index (χ4v) is 17.6. The van der Waals surface area contributed by atoms with Gasteiger partial charge in [-0.05, 0) is 257 Å². The molecule has 0 unspecified atom stereocenters. The van der Waals surface area contributed by atoms with Gasteiger partial charge in [0, 0.05) is 15.9 Å². The summed E-state index contributed by atoms with van der Waals surface area (Å²) in [5, 5.41) is 0.907. The highest BCUT2D eigenvalue weighted by Crippen LogP contribution is 2.71. The Balaban J connectivity index is 0.000000110. The van der Waals surface area contributed by atoms with E-state index in [9.17, 15) is 0 Å². The van der Waals surface area contributed by atoms with E-state index in [1.807, 2.05) is 55.4 Å². The second kappa shape index (κ2) is 16.1. The van der Waals surface area contributed by atoms with Gasteiger partial charge < -0.3 is 27.9 Å². The smallest absolute Gasteiger partial charge is 0.405 e. The highest BCUT2D eigenvalue weighted by molar-refractivity contribution is 7.11. The van der Waals surface area contributed by atoms with Crippen LogP contribution in [0.2, 0.25) is 5.02 Å². The number of benzene rings is 4. The van der Waals surface area contributed by atoms with E-state index in [-0.39, 0.29) is 51.6 Å². The molecule has 0 amide bonds. The van der Waals surface area contributed by atoms with Gasteiger partial charge >= 0.3 is 21.1 Å². The molecule has 0 atom stereocenters. The minimum atomic E-state index is -0.476. The van der Waals surface area contributed by atoms with Gasteiger partial charge in [0.1, 0.15) is 0 Å². The van der Waals surface area contributed by atoms with Gasteiger partial charge in [-0.15, -0.1) is 0 Å². The molecule has 3 saturated heterocycles. The minimum absolute atomic E-state index is 0.207. The Morgan fingerprint density at radius 1 is 0.361 bits per heavy atom. The molecular weight excluding hydrogens is 909 g/mol. The van der Waals surface area contributed by atoms with Crippen molar-refractivity contribution in [1.29, 1.82) is 0 Å². The molecule has 3 heterocycles. The van der Waals surface area contributed by atoms with Crippen molar-refractivity contribution in [3.05, 3.63) is 112 Å². The van der Waals surface area contributed by atoms with E-state index in [0.29, 0.717) is 0 Å². The Bertz CT molecular complexity index is 2690. The van der Waals surface area contributed by atoms with Gasteiger partial charge in [0.05, 0.1) is 33.6 Å². The van der Waals surface area contributed by atoms with E-state index in [0.717, 1.165) is 52.4 Å². The predicted molar refractivity (Wildman–Crippen MR) is 292 cm³/mol. The first-order chi connectivity index (χ1) is 33.9. The number of hydrogen-bond donors (Lipinski definition) is 0. The van der Waals surface area contributed by atoms with Crippen LogP contribution >= 0.6 is 11.6 Å². The molecule has 3 aliphatic heterocycles. The summed E-state index contributed by atoms with van der Waals surface area (Å²) in [6.45, 7) is 24.8. The fourth-order valence-electron chi connectivity index (χ4n) is 17.4. The summed E-state index contributed by atoms with van der Waals surface area (Å²) in [6.07, 6.45) is 14.4. The molecule has 10 heteroatoms. The largest absolute Gasteiger partial charge is 0.494 e. The minimum Gasteiger partial charge on any atom is -0.405 e. The van der Waals surface area contributed by atoms with Crippen LogP contribution in [-0.4, -0.2) is 54.7 Å². The van der Waals surface area contributed by atoms with Crippen LogP contribution in [0.4, 0.5) is 0 Å². The van der Waals surface area contributed by atoms with Crippen LogP contribution in [0.15, 0.2) is 84.9 Å². The zero-order valence-corrected chi connectivity index (χ0v) is 46.1. The van der Waals surface area contributed by atoms with Gasteiger partial charge in [0.25, 0.3) is 0 Å². The van der Waals surface area contributed by atoms with Crippen LogP contribution in [0.3, 0.4) is 0 Å². The van der Waals surface area contributed by atoms with Crippen LogP contribution < -0.4 is 5.46 Å². The molecule has 0 radical (unpaired) electrons. The van der Waals surface area contributed by atoms with Crippen molar-refractivity contribution in [3.63, 3.8) is 0 Å². The third kappa shape index (κ3) is 6.91. The summed E-state index contributed by atoms with van der Waals surface area (Å²) in [6, 6.07) is 32.3. The lowest BCUT2D eigenvalue weighted by molar-refractivity contribution is -0.0399. The highest BCUT2D eigenvalue weighted by Gasteiger charge is 2.66. The molecule has 0 aromatic heterocycles. The summed E-state index contributed by atoms with van der Waals surface area (Å²) in [4.78, 5) is 0. The van der Waals surface area contributed by atoms with Gasteiger partial charge in [0.15, 0.2) is 0 Å². The molecule has 72 heavy (non-hydrogen) atoms. The SMILES string of the molecule is CC1(C)OB(B2OC(C)(C)C(C)(C)O2)OC1(C)C.CC1(C)OB(c2ccc3c(c2)C2(c4ccccc4-3)C3CC4CC(C3)CC2C4)OC1(C)C.Clc1ccc2c(c1)C1(c3ccccc3-2)C2CC3CC(C2)CC1C3. The van der Waals surface area contributed by atoms with E-state index in [1.165, 1.54) is 91.9 Å². The lowest BCUT2D eigenvalue weighted by atomic mass is 9.43. The van der Waals surface area contributed by atoms with Gasteiger partial charge in [-0.25, -0.2) is 0 Å². The Labute approximate surface area is 437 Å². The number of halogens is 1. The first-order valence-corrected chi connectivity index (χ1v) is 28.5. The van der Waals surface area contributed by atoms with Gasteiger partial charge in [-0.2, -0.15) is 0 Å².